The molecule has 0 aliphatic carbocycles. The molecule has 2 aromatic rings. The Morgan fingerprint density at radius 1 is 1.47 bits per heavy atom. The standard InChI is InChI=1S/C14H15N3O2/c15-11-4-5-17-8-12(16-13(17)7-11)9-2-1-3-10(6-9)14(18)19/h1-3,6,8,11H,4-5,7,15H2,(H,18,19). The molecule has 5 nitrogen and oxygen atoms in total. The maximum Gasteiger partial charge on any atom is 0.335 e. The molecule has 1 aromatic carbocycles. The average Bonchev–Trinajstić information content (AvgIpc) is 2.81. The highest BCUT2D eigenvalue weighted by Crippen LogP contribution is 2.23. The maximum absolute atomic E-state index is 11.0. The first-order valence-electron chi connectivity index (χ1n) is 6.29. The molecular formula is C14H15N3O2. The third kappa shape index (κ3) is 2.24. The van der Waals surface area contributed by atoms with Gasteiger partial charge >= 0.3 is 5.97 Å². The van der Waals surface area contributed by atoms with Crippen molar-refractivity contribution < 1.29 is 9.90 Å². The lowest BCUT2D eigenvalue weighted by atomic mass is 10.1. The van der Waals surface area contributed by atoms with Gasteiger partial charge in [0.15, 0.2) is 0 Å². The van der Waals surface area contributed by atoms with Crippen molar-refractivity contribution >= 4 is 5.97 Å². The van der Waals surface area contributed by atoms with Crippen LogP contribution in [0.25, 0.3) is 11.3 Å². The van der Waals surface area contributed by atoms with E-state index < -0.39 is 5.97 Å². The third-order valence-electron chi connectivity index (χ3n) is 3.45. The van der Waals surface area contributed by atoms with Gasteiger partial charge in [0.2, 0.25) is 0 Å². The Morgan fingerprint density at radius 2 is 2.32 bits per heavy atom. The minimum absolute atomic E-state index is 0.174. The molecule has 98 valence electrons. The van der Waals surface area contributed by atoms with E-state index in [0.29, 0.717) is 0 Å². The molecule has 0 spiro atoms. The Morgan fingerprint density at radius 3 is 3.11 bits per heavy atom. The highest BCUT2D eigenvalue weighted by Gasteiger charge is 2.18. The summed E-state index contributed by atoms with van der Waals surface area (Å²) in [6, 6.07) is 7.02. The molecule has 3 N–H and O–H groups in total. The van der Waals surface area contributed by atoms with E-state index in [1.165, 1.54) is 0 Å². The van der Waals surface area contributed by atoms with Gasteiger partial charge in [0.25, 0.3) is 0 Å². The predicted octanol–water partition coefficient (Wildman–Crippen LogP) is 1.52. The number of nitrogens with two attached hydrogens (primary N) is 1. The van der Waals surface area contributed by atoms with Crippen LogP contribution in [0.5, 0.6) is 0 Å². The van der Waals surface area contributed by atoms with E-state index in [9.17, 15) is 4.79 Å². The predicted molar refractivity (Wildman–Crippen MR) is 70.9 cm³/mol. The number of carboxylic acids is 1. The summed E-state index contributed by atoms with van der Waals surface area (Å²) in [6.45, 7) is 0.877. The molecule has 0 fully saturated rings. The Bertz CT molecular complexity index is 633. The third-order valence-corrected chi connectivity index (χ3v) is 3.45. The molecule has 5 heteroatoms. The molecule has 0 radical (unpaired) electrons. The molecule has 1 aliphatic heterocycles. The second-order valence-corrected chi connectivity index (χ2v) is 4.87. The molecule has 2 heterocycles. The molecular weight excluding hydrogens is 242 g/mol. The summed E-state index contributed by atoms with van der Waals surface area (Å²) in [5, 5.41) is 9.01. The lowest BCUT2D eigenvalue weighted by Gasteiger charge is -2.18. The van der Waals surface area contributed by atoms with Crippen molar-refractivity contribution in [3.63, 3.8) is 0 Å². The van der Waals surface area contributed by atoms with Gasteiger partial charge in [-0.15, -0.1) is 0 Å². The molecule has 19 heavy (non-hydrogen) atoms. The first-order chi connectivity index (χ1) is 9.13. The molecule has 1 unspecified atom stereocenters. The molecule has 1 aromatic heterocycles. The Kier molecular flexibility index (Phi) is 2.83. The number of benzene rings is 1. The molecule has 0 saturated carbocycles. The van der Waals surface area contributed by atoms with Crippen molar-refractivity contribution in [3.8, 4) is 11.3 Å². The summed E-state index contributed by atoms with van der Waals surface area (Å²) in [5.74, 6) is 0.0577. The van der Waals surface area contributed by atoms with Crippen LogP contribution >= 0.6 is 0 Å². The summed E-state index contributed by atoms with van der Waals surface area (Å²) >= 11 is 0. The first-order valence-corrected chi connectivity index (χ1v) is 6.29. The van der Waals surface area contributed by atoms with E-state index in [1.54, 1.807) is 18.2 Å². The minimum Gasteiger partial charge on any atom is -0.478 e. The second-order valence-electron chi connectivity index (χ2n) is 4.87. The zero-order valence-electron chi connectivity index (χ0n) is 10.4. The molecule has 0 saturated heterocycles. The lowest BCUT2D eigenvalue weighted by molar-refractivity contribution is 0.0697. The zero-order valence-corrected chi connectivity index (χ0v) is 10.4. The van der Waals surface area contributed by atoms with Crippen molar-refractivity contribution in [3.05, 3.63) is 41.9 Å². The zero-order chi connectivity index (χ0) is 13.4. The second kappa shape index (κ2) is 4.51. The van der Waals surface area contributed by atoms with E-state index in [4.69, 9.17) is 10.8 Å². The van der Waals surface area contributed by atoms with E-state index in [2.05, 4.69) is 9.55 Å². The number of aryl methyl sites for hydroxylation is 1. The van der Waals surface area contributed by atoms with Crippen LogP contribution in [0.3, 0.4) is 0 Å². The molecule has 0 bridgehead atoms. The number of imidazole rings is 1. The highest BCUT2D eigenvalue weighted by molar-refractivity contribution is 5.89. The highest BCUT2D eigenvalue weighted by atomic mass is 16.4. The first kappa shape index (κ1) is 11.9. The fourth-order valence-electron chi connectivity index (χ4n) is 2.40. The smallest absolute Gasteiger partial charge is 0.335 e. The number of carboxylic acid groups (broad SMARTS) is 1. The van der Waals surface area contributed by atoms with Gasteiger partial charge in [0, 0.05) is 30.8 Å². The van der Waals surface area contributed by atoms with Crippen molar-refractivity contribution in [2.45, 2.75) is 25.4 Å². The van der Waals surface area contributed by atoms with Gasteiger partial charge in [-0.25, -0.2) is 9.78 Å². The molecule has 0 amide bonds. The van der Waals surface area contributed by atoms with Gasteiger partial charge in [-0.05, 0) is 18.6 Å². The van der Waals surface area contributed by atoms with Gasteiger partial charge in [0.1, 0.15) is 5.82 Å². The number of hydrogen-bond donors (Lipinski definition) is 2. The Labute approximate surface area is 110 Å². The van der Waals surface area contributed by atoms with Crippen LogP contribution in [0.15, 0.2) is 30.5 Å². The normalized spacial score (nSPS) is 18.1. The van der Waals surface area contributed by atoms with Crippen molar-refractivity contribution in [2.75, 3.05) is 0 Å². The summed E-state index contributed by atoms with van der Waals surface area (Å²) in [7, 11) is 0. The monoisotopic (exact) mass is 257 g/mol. The van der Waals surface area contributed by atoms with E-state index in [0.717, 1.165) is 36.5 Å². The summed E-state index contributed by atoms with van der Waals surface area (Å²) in [5.41, 5.74) is 7.85. The Hall–Kier alpha value is -2.14. The van der Waals surface area contributed by atoms with Gasteiger partial charge in [-0.2, -0.15) is 0 Å². The number of hydrogen-bond acceptors (Lipinski definition) is 3. The summed E-state index contributed by atoms with van der Waals surface area (Å²) < 4.78 is 2.10. The van der Waals surface area contributed by atoms with Crippen LogP contribution in [0, 0.1) is 0 Å². The lowest BCUT2D eigenvalue weighted by Crippen LogP contribution is -2.30. The number of carbonyl (C=O) groups is 1. The SMILES string of the molecule is NC1CCn2cc(-c3cccc(C(=O)O)c3)nc2C1. The fraction of sp³-hybridized carbons (Fsp3) is 0.286. The van der Waals surface area contributed by atoms with Crippen molar-refractivity contribution in [2.24, 2.45) is 5.73 Å². The Balaban J connectivity index is 1.99. The number of rotatable bonds is 2. The van der Waals surface area contributed by atoms with Crippen LogP contribution in [0.2, 0.25) is 0 Å². The van der Waals surface area contributed by atoms with Gasteiger partial charge in [-0.3, -0.25) is 0 Å². The van der Waals surface area contributed by atoms with Crippen LogP contribution < -0.4 is 5.73 Å². The van der Waals surface area contributed by atoms with Crippen LogP contribution in [-0.2, 0) is 13.0 Å². The van der Waals surface area contributed by atoms with E-state index in [-0.39, 0.29) is 11.6 Å². The maximum atomic E-state index is 11.0. The summed E-state index contributed by atoms with van der Waals surface area (Å²) in [6.07, 6.45) is 3.71. The molecule has 1 atom stereocenters. The molecule has 1 aliphatic rings. The van der Waals surface area contributed by atoms with Crippen molar-refractivity contribution in [1.29, 1.82) is 0 Å². The van der Waals surface area contributed by atoms with Crippen molar-refractivity contribution in [1.82, 2.24) is 9.55 Å². The molecule has 3 rings (SSSR count). The van der Waals surface area contributed by atoms with Gasteiger partial charge < -0.3 is 15.4 Å². The number of fused-ring (bicyclic) bond motifs is 1. The van der Waals surface area contributed by atoms with Gasteiger partial charge in [-0.1, -0.05) is 12.1 Å². The quantitative estimate of drug-likeness (QED) is 0.854. The fourth-order valence-corrected chi connectivity index (χ4v) is 2.40. The topological polar surface area (TPSA) is 81.1 Å². The van der Waals surface area contributed by atoms with Gasteiger partial charge in [0.05, 0.1) is 11.3 Å². The van der Waals surface area contributed by atoms with Crippen LogP contribution in [0.4, 0.5) is 0 Å². The largest absolute Gasteiger partial charge is 0.478 e. The van der Waals surface area contributed by atoms with Crippen LogP contribution in [0.1, 0.15) is 22.6 Å². The number of nitrogens with zero attached hydrogens (tertiary/aromatic N) is 2. The minimum atomic E-state index is -0.923. The van der Waals surface area contributed by atoms with E-state index in [1.807, 2.05) is 12.3 Å². The number of aromatic nitrogens is 2. The average molecular weight is 257 g/mol. The number of aromatic carboxylic acids is 1. The summed E-state index contributed by atoms with van der Waals surface area (Å²) in [4.78, 5) is 15.5. The van der Waals surface area contributed by atoms with Crippen LogP contribution in [-0.4, -0.2) is 26.7 Å². The van der Waals surface area contributed by atoms with E-state index >= 15 is 0 Å².